The molecule has 0 saturated heterocycles. The number of aromatic nitrogens is 4. The van der Waals surface area contributed by atoms with E-state index in [0.717, 1.165) is 48.1 Å². The van der Waals surface area contributed by atoms with E-state index < -0.39 is 0 Å². The minimum Gasteiger partial charge on any atom is -0.340 e. The maximum atomic E-state index is 6.50. The first-order valence-corrected chi connectivity index (χ1v) is 10.2. The van der Waals surface area contributed by atoms with Crippen molar-refractivity contribution in [2.24, 2.45) is 0 Å². The molecule has 0 radical (unpaired) electrons. The SMILES string of the molecule is Cc1ncc(-c2cc3c(Nc4ccc5scnc5c4)ncnc3cc2Cl)s1. The van der Waals surface area contributed by atoms with Crippen molar-refractivity contribution in [3.63, 3.8) is 0 Å². The number of hydrogen-bond donors (Lipinski definition) is 1. The Labute approximate surface area is 167 Å². The van der Waals surface area contributed by atoms with Gasteiger partial charge in [0.05, 0.1) is 36.2 Å². The summed E-state index contributed by atoms with van der Waals surface area (Å²) in [5, 5.41) is 5.95. The monoisotopic (exact) mass is 409 g/mol. The second-order valence-corrected chi connectivity index (χ2v) is 8.50. The van der Waals surface area contributed by atoms with Crippen LogP contribution in [0.25, 0.3) is 31.6 Å². The van der Waals surface area contributed by atoms with Crippen molar-refractivity contribution in [1.29, 1.82) is 0 Å². The van der Waals surface area contributed by atoms with Gasteiger partial charge in [-0.15, -0.1) is 22.7 Å². The van der Waals surface area contributed by atoms with Crippen molar-refractivity contribution in [2.75, 3.05) is 5.32 Å². The van der Waals surface area contributed by atoms with E-state index in [1.165, 1.54) is 0 Å². The fraction of sp³-hybridized carbons (Fsp3) is 0.0526. The normalized spacial score (nSPS) is 11.3. The summed E-state index contributed by atoms with van der Waals surface area (Å²) in [6.07, 6.45) is 3.39. The average Bonchev–Trinajstić information content (AvgIpc) is 3.30. The van der Waals surface area contributed by atoms with Crippen molar-refractivity contribution in [1.82, 2.24) is 19.9 Å². The molecule has 0 aliphatic heterocycles. The lowest BCUT2D eigenvalue weighted by atomic mass is 10.1. The molecule has 2 aromatic carbocycles. The molecule has 27 heavy (non-hydrogen) atoms. The van der Waals surface area contributed by atoms with Gasteiger partial charge in [-0.05, 0) is 37.3 Å². The Balaban J connectivity index is 1.63. The maximum Gasteiger partial charge on any atom is 0.141 e. The summed E-state index contributed by atoms with van der Waals surface area (Å²) in [4.78, 5) is 18.5. The minimum atomic E-state index is 0.652. The Morgan fingerprint density at radius 2 is 1.93 bits per heavy atom. The first-order chi connectivity index (χ1) is 13.2. The summed E-state index contributed by atoms with van der Waals surface area (Å²) in [6, 6.07) is 9.99. The van der Waals surface area contributed by atoms with Crippen LogP contribution in [0.2, 0.25) is 5.02 Å². The maximum absolute atomic E-state index is 6.50. The van der Waals surface area contributed by atoms with E-state index in [-0.39, 0.29) is 0 Å². The van der Waals surface area contributed by atoms with E-state index in [1.807, 2.05) is 42.9 Å². The predicted molar refractivity (Wildman–Crippen MR) is 113 cm³/mol. The van der Waals surface area contributed by atoms with Crippen LogP contribution in [0.3, 0.4) is 0 Å². The molecule has 0 unspecified atom stereocenters. The zero-order chi connectivity index (χ0) is 18.4. The number of halogens is 1. The van der Waals surface area contributed by atoms with Gasteiger partial charge in [0.1, 0.15) is 12.1 Å². The second kappa shape index (κ2) is 6.53. The topological polar surface area (TPSA) is 63.6 Å². The number of nitrogens with zero attached hydrogens (tertiary/aromatic N) is 4. The van der Waals surface area contributed by atoms with Crippen LogP contribution in [0.4, 0.5) is 11.5 Å². The van der Waals surface area contributed by atoms with Gasteiger partial charge in [-0.2, -0.15) is 0 Å². The highest BCUT2D eigenvalue weighted by atomic mass is 35.5. The van der Waals surface area contributed by atoms with Crippen LogP contribution in [0.15, 0.2) is 48.4 Å². The van der Waals surface area contributed by atoms with Crippen LogP contribution < -0.4 is 5.32 Å². The smallest absolute Gasteiger partial charge is 0.141 e. The molecule has 8 heteroatoms. The lowest BCUT2D eigenvalue weighted by Gasteiger charge is -2.10. The Kier molecular flexibility index (Phi) is 4.00. The van der Waals surface area contributed by atoms with Crippen molar-refractivity contribution >= 4 is 66.9 Å². The fourth-order valence-electron chi connectivity index (χ4n) is 2.92. The van der Waals surface area contributed by atoms with E-state index in [9.17, 15) is 0 Å². The molecular formula is C19H12ClN5S2. The van der Waals surface area contributed by atoms with Gasteiger partial charge in [0.25, 0.3) is 0 Å². The van der Waals surface area contributed by atoms with Crippen molar-refractivity contribution in [3.05, 3.63) is 58.4 Å². The van der Waals surface area contributed by atoms with Crippen LogP contribution in [0, 0.1) is 6.92 Å². The molecule has 5 rings (SSSR count). The second-order valence-electron chi connectivity index (χ2n) is 5.97. The molecule has 0 aliphatic rings. The van der Waals surface area contributed by atoms with E-state index in [1.54, 1.807) is 29.0 Å². The summed E-state index contributed by atoms with van der Waals surface area (Å²) in [7, 11) is 0. The van der Waals surface area contributed by atoms with Gasteiger partial charge in [0, 0.05) is 22.8 Å². The van der Waals surface area contributed by atoms with E-state index in [2.05, 4.69) is 31.3 Å². The van der Waals surface area contributed by atoms with Gasteiger partial charge in [-0.1, -0.05) is 11.6 Å². The van der Waals surface area contributed by atoms with Gasteiger partial charge in [0.15, 0.2) is 0 Å². The number of thiazole rings is 2. The first kappa shape index (κ1) is 16.6. The molecule has 0 aliphatic carbocycles. The number of anilines is 2. The Morgan fingerprint density at radius 3 is 2.78 bits per heavy atom. The van der Waals surface area contributed by atoms with Gasteiger partial charge < -0.3 is 5.32 Å². The molecule has 5 nitrogen and oxygen atoms in total. The third-order valence-corrected chi connectivity index (χ3v) is 6.27. The van der Waals surface area contributed by atoms with E-state index >= 15 is 0 Å². The molecule has 0 spiro atoms. The van der Waals surface area contributed by atoms with Crippen LogP contribution in [0.5, 0.6) is 0 Å². The Morgan fingerprint density at radius 1 is 1.00 bits per heavy atom. The Hall–Kier alpha value is -2.61. The molecule has 5 aromatic rings. The molecule has 1 N–H and O–H groups in total. The average molecular weight is 410 g/mol. The van der Waals surface area contributed by atoms with Crippen molar-refractivity contribution < 1.29 is 0 Å². The highest BCUT2D eigenvalue weighted by molar-refractivity contribution is 7.16. The molecule has 0 atom stereocenters. The fourth-order valence-corrected chi connectivity index (χ4v) is 4.71. The lowest BCUT2D eigenvalue weighted by Crippen LogP contribution is -1.96. The number of rotatable bonds is 3. The molecular weight excluding hydrogens is 398 g/mol. The minimum absolute atomic E-state index is 0.652. The molecule has 0 bridgehead atoms. The third-order valence-electron chi connectivity index (χ3n) is 4.20. The molecule has 3 aromatic heterocycles. The zero-order valence-corrected chi connectivity index (χ0v) is 16.5. The van der Waals surface area contributed by atoms with Gasteiger partial charge in [0.2, 0.25) is 0 Å². The van der Waals surface area contributed by atoms with Crippen LogP contribution in [-0.4, -0.2) is 19.9 Å². The van der Waals surface area contributed by atoms with Crippen LogP contribution in [0.1, 0.15) is 5.01 Å². The molecule has 132 valence electrons. The van der Waals surface area contributed by atoms with Crippen molar-refractivity contribution in [2.45, 2.75) is 6.92 Å². The lowest BCUT2D eigenvalue weighted by molar-refractivity contribution is 1.22. The zero-order valence-electron chi connectivity index (χ0n) is 14.1. The standard InChI is InChI=1S/C19H12ClN5S2/c1-10-21-7-18(27-10)12-5-13-15(6-14(12)20)22-8-23-19(13)25-11-2-3-17-16(4-11)24-9-26-17/h2-9H,1H3,(H,22,23,25). The Bertz CT molecular complexity index is 1290. The highest BCUT2D eigenvalue weighted by Gasteiger charge is 2.12. The van der Waals surface area contributed by atoms with E-state index in [4.69, 9.17) is 11.6 Å². The van der Waals surface area contributed by atoms with Gasteiger partial charge in [-0.25, -0.2) is 19.9 Å². The largest absolute Gasteiger partial charge is 0.340 e. The first-order valence-electron chi connectivity index (χ1n) is 8.15. The third kappa shape index (κ3) is 3.03. The quantitative estimate of drug-likeness (QED) is 0.392. The summed E-state index contributed by atoms with van der Waals surface area (Å²) < 4.78 is 1.16. The van der Waals surface area contributed by atoms with Crippen LogP contribution in [-0.2, 0) is 0 Å². The number of fused-ring (bicyclic) bond motifs is 2. The number of nitrogens with one attached hydrogen (secondary N) is 1. The number of hydrogen-bond acceptors (Lipinski definition) is 7. The van der Waals surface area contributed by atoms with Gasteiger partial charge in [-0.3, -0.25) is 0 Å². The molecule has 0 amide bonds. The summed E-state index contributed by atoms with van der Waals surface area (Å²) in [5.74, 6) is 0.730. The molecule has 0 saturated carbocycles. The predicted octanol–water partition coefficient (Wildman–Crippen LogP) is 6.07. The summed E-state index contributed by atoms with van der Waals surface area (Å²) in [6.45, 7) is 1.98. The number of benzene rings is 2. The molecule has 0 fully saturated rings. The molecule has 3 heterocycles. The summed E-state index contributed by atoms with van der Waals surface area (Å²) >= 11 is 9.74. The van der Waals surface area contributed by atoms with E-state index in [0.29, 0.717) is 5.02 Å². The summed E-state index contributed by atoms with van der Waals surface area (Å²) in [5.41, 5.74) is 5.46. The van der Waals surface area contributed by atoms with Gasteiger partial charge >= 0.3 is 0 Å². The number of aryl methyl sites for hydroxylation is 1. The van der Waals surface area contributed by atoms with Crippen molar-refractivity contribution in [3.8, 4) is 10.4 Å². The van der Waals surface area contributed by atoms with Crippen LogP contribution >= 0.6 is 34.3 Å². The highest BCUT2D eigenvalue weighted by Crippen LogP contribution is 2.36.